The van der Waals surface area contributed by atoms with Gasteiger partial charge in [-0.3, -0.25) is 9.97 Å². The van der Waals surface area contributed by atoms with Gasteiger partial charge in [-0.2, -0.15) is 0 Å². The zero-order chi connectivity index (χ0) is 28.4. The van der Waals surface area contributed by atoms with Gasteiger partial charge in [0.25, 0.3) is 0 Å². The van der Waals surface area contributed by atoms with Gasteiger partial charge in [0.15, 0.2) is 0 Å². The Morgan fingerprint density at radius 2 is 1.18 bits per heavy atom. The quantitative estimate of drug-likeness (QED) is 0.217. The first-order valence-electron chi connectivity index (χ1n) is 11.5. The Labute approximate surface area is 241 Å². The van der Waals surface area contributed by atoms with E-state index in [2.05, 4.69) is 51.8 Å². The van der Waals surface area contributed by atoms with Crippen LogP contribution in [0.5, 0.6) is 11.8 Å². The summed E-state index contributed by atoms with van der Waals surface area (Å²) in [6, 6.07) is 10.4. The molecule has 0 spiro atoms. The van der Waals surface area contributed by atoms with Crippen LogP contribution in [0.15, 0.2) is 82.5 Å². The molecule has 0 amide bonds. The third-order valence-electron chi connectivity index (χ3n) is 5.20. The molecule has 0 fully saturated rings. The average Bonchev–Trinajstić information content (AvgIpc) is 2.95. The van der Waals surface area contributed by atoms with Gasteiger partial charge >= 0.3 is 11.9 Å². The van der Waals surface area contributed by atoms with Crippen molar-refractivity contribution in [3.05, 3.63) is 105 Å². The predicted molar refractivity (Wildman–Crippen MR) is 149 cm³/mol. The molecule has 0 aliphatic carbocycles. The second-order valence-corrected chi connectivity index (χ2v) is 9.72. The lowest BCUT2D eigenvalue weighted by molar-refractivity contribution is 0.0590. The molecular formula is C27H24Br2N4O6. The molecule has 0 saturated heterocycles. The van der Waals surface area contributed by atoms with Gasteiger partial charge in [-0.25, -0.2) is 19.6 Å². The van der Waals surface area contributed by atoms with Gasteiger partial charge in [-0.05, 0) is 93.2 Å². The van der Waals surface area contributed by atoms with Crippen LogP contribution in [0.3, 0.4) is 0 Å². The van der Waals surface area contributed by atoms with E-state index in [4.69, 9.17) is 19.3 Å². The SMILES string of the molecule is CC(Oc1ncc(Br)cc1C(=O)O)c1ccncc1.COC(=O)c1cc(Br)cnc1OC(C)c1ccncc1. The lowest BCUT2D eigenvalue weighted by atomic mass is 10.2. The number of carboxylic acid groups (broad SMARTS) is 1. The molecule has 1 N–H and O–H groups in total. The molecule has 0 aliphatic heterocycles. The minimum absolute atomic E-state index is 0.0234. The third-order valence-corrected chi connectivity index (χ3v) is 6.07. The summed E-state index contributed by atoms with van der Waals surface area (Å²) in [5, 5.41) is 9.12. The van der Waals surface area contributed by atoms with E-state index in [1.54, 1.807) is 37.1 Å². The molecule has 202 valence electrons. The first-order valence-corrected chi connectivity index (χ1v) is 13.0. The van der Waals surface area contributed by atoms with Crippen molar-refractivity contribution < 1.29 is 28.9 Å². The highest BCUT2D eigenvalue weighted by atomic mass is 79.9. The summed E-state index contributed by atoms with van der Waals surface area (Å²) in [5.41, 5.74) is 2.15. The Hall–Kier alpha value is -3.90. The Balaban J connectivity index is 0.000000216. The molecule has 4 rings (SSSR count). The van der Waals surface area contributed by atoms with E-state index in [9.17, 15) is 9.59 Å². The first-order chi connectivity index (χ1) is 18.7. The number of ether oxygens (including phenoxy) is 3. The number of aromatic nitrogens is 4. The number of carbonyl (C=O) groups excluding carboxylic acids is 1. The molecule has 10 nitrogen and oxygen atoms in total. The van der Waals surface area contributed by atoms with Crippen LogP contribution >= 0.6 is 31.9 Å². The molecule has 0 radical (unpaired) electrons. The van der Waals surface area contributed by atoms with Crippen molar-refractivity contribution in [3.8, 4) is 11.8 Å². The van der Waals surface area contributed by atoms with E-state index >= 15 is 0 Å². The monoisotopic (exact) mass is 658 g/mol. The molecule has 0 aromatic carbocycles. The zero-order valence-corrected chi connectivity index (χ0v) is 24.3. The molecule has 12 heteroatoms. The molecule has 39 heavy (non-hydrogen) atoms. The van der Waals surface area contributed by atoms with E-state index in [0.717, 1.165) is 11.1 Å². The fourth-order valence-electron chi connectivity index (χ4n) is 3.19. The molecule has 0 bridgehead atoms. The topological polar surface area (TPSA) is 134 Å². The van der Waals surface area contributed by atoms with Gasteiger partial charge < -0.3 is 19.3 Å². The number of nitrogens with zero attached hydrogens (tertiary/aromatic N) is 4. The third kappa shape index (κ3) is 8.55. The van der Waals surface area contributed by atoms with Gasteiger partial charge in [0, 0.05) is 46.1 Å². The first kappa shape index (κ1) is 29.7. The van der Waals surface area contributed by atoms with Crippen LogP contribution in [0, 0.1) is 0 Å². The van der Waals surface area contributed by atoms with Gasteiger partial charge in [-0.15, -0.1) is 0 Å². The van der Waals surface area contributed by atoms with Crippen LogP contribution in [0.25, 0.3) is 0 Å². The number of halogens is 2. The molecule has 4 aromatic rings. The number of esters is 1. The lowest BCUT2D eigenvalue weighted by Gasteiger charge is -2.16. The molecule has 4 aromatic heterocycles. The normalized spacial score (nSPS) is 11.8. The van der Waals surface area contributed by atoms with Crippen LogP contribution in [-0.4, -0.2) is 44.1 Å². The maximum Gasteiger partial charge on any atom is 0.343 e. The van der Waals surface area contributed by atoms with Crippen molar-refractivity contribution in [2.75, 3.05) is 7.11 Å². The number of pyridine rings is 4. The molecule has 2 unspecified atom stereocenters. The number of carbonyl (C=O) groups is 2. The Morgan fingerprint density at radius 3 is 1.59 bits per heavy atom. The molecule has 2 atom stereocenters. The van der Waals surface area contributed by atoms with Crippen LogP contribution < -0.4 is 9.47 Å². The van der Waals surface area contributed by atoms with Gasteiger partial charge in [-0.1, -0.05) is 0 Å². The molecule has 0 aliphatic rings. The Morgan fingerprint density at radius 1 is 0.769 bits per heavy atom. The number of rotatable bonds is 8. The largest absolute Gasteiger partial charge is 0.477 e. The standard InChI is InChI=1S/C14H13BrN2O3.C13H11BrN2O3/c1-9(10-3-5-16-6-4-10)20-13-12(14(18)19-2)7-11(15)8-17-13;1-8(9-2-4-15-5-3-9)19-12-11(13(17)18)6-10(14)7-16-12/h3-9H,1-2H3;2-8H,1H3,(H,17,18). The van der Waals surface area contributed by atoms with Crippen molar-refractivity contribution in [1.82, 2.24) is 19.9 Å². The van der Waals surface area contributed by atoms with E-state index < -0.39 is 11.9 Å². The van der Waals surface area contributed by atoms with Crippen molar-refractivity contribution in [1.29, 1.82) is 0 Å². The van der Waals surface area contributed by atoms with Crippen LogP contribution in [-0.2, 0) is 4.74 Å². The summed E-state index contributed by atoms with van der Waals surface area (Å²) in [6.07, 6.45) is 9.19. The maximum atomic E-state index is 11.7. The second-order valence-electron chi connectivity index (χ2n) is 7.89. The molecule has 4 heterocycles. The van der Waals surface area contributed by atoms with E-state index in [-0.39, 0.29) is 35.1 Å². The zero-order valence-electron chi connectivity index (χ0n) is 21.1. The number of carboxylic acids is 1. The fourth-order valence-corrected chi connectivity index (χ4v) is 3.85. The maximum absolute atomic E-state index is 11.7. The predicted octanol–water partition coefficient (Wildman–Crippen LogP) is 6.24. The van der Waals surface area contributed by atoms with Crippen LogP contribution in [0.1, 0.15) is 57.9 Å². The second kappa shape index (κ2) is 14.3. The summed E-state index contributed by atoms with van der Waals surface area (Å²) in [6.45, 7) is 3.70. The van der Waals surface area contributed by atoms with Crippen molar-refractivity contribution in [2.45, 2.75) is 26.1 Å². The minimum atomic E-state index is -1.08. The summed E-state index contributed by atoms with van der Waals surface area (Å²) in [7, 11) is 1.32. The fraction of sp³-hybridized carbons (Fsp3) is 0.185. The molecule has 0 saturated carbocycles. The number of hydrogen-bond acceptors (Lipinski definition) is 9. The highest BCUT2D eigenvalue weighted by Gasteiger charge is 2.19. The number of aromatic carboxylic acids is 1. The number of hydrogen-bond donors (Lipinski definition) is 1. The van der Waals surface area contributed by atoms with E-state index in [0.29, 0.717) is 8.95 Å². The Bertz CT molecular complexity index is 1410. The van der Waals surface area contributed by atoms with E-state index in [1.807, 2.05) is 38.1 Å². The highest BCUT2D eigenvalue weighted by molar-refractivity contribution is 9.10. The average molecular weight is 660 g/mol. The smallest absolute Gasteiger partial charge is 0.343 e. The van der Waals surface area contributed by atoms with Crippen molar-refractivity contribution in [2.24, 2.45) is 0 Å². The van der Waals surface area contributed by atoms with Crippen LogP contribution in [0.4, 0.5) is 0 Å². The summed E-state index contributed by atoms with van der Waals surface area (Å²) in [4.78, 5) is 38.9. The minimum Gasteiger partial charge on any atom is -0.477 e. The van der Waals surface area contributed by atoms with Crippen molar-refractivity contribution in [3.63, 3.8) is 0 Å². The molecular weight excluding hydrogens is 636 g/mol. The summed E-state index contributed by atoms with van der Waals surface area (Å²) < 4.78 is 17.4. The Kier molecular flexibility index (Phi) is 10.9. The van der Waals surface area contributed by atoms with E-state index in [1.165, 1.54) is 19.4 Å². The van der Waals surface area contributed by atoms with Gasteiger partial charge in [0.05, 0.1) is 7.11 Å². The van der Waals surface area contributed by atoms with Gasteiger partial charge in [0.1, 0.15) is 23.3 Å². The van der Waals surface area contributed by atoms with Crippen LogP contribution in [0.2, 0.25) is 0 Å². The highest BCUT2D eigenvalue weighted by Crippen LogP contribution is 2.27. The number of methoxy groups -OCH3 is 1. The van der Waals surface area contributed by atoms with Gasteiger partial charge in [0.2, 0.25) is 11.8 Å². The van der Waals surface area contributed by atoms with Crippen molar-refractivity contribution >= 4 is 43.8 Å². The lowest BCUT2D eigenvalue weighted by Crippen LogP contribution is -2.10. The summed E-state index contributed by atoms with van der Waals surface area (Å²) >= 11 is 6.46. The summed E-state index contributed by atoms with van der Waals surface area (Å²) in [5.74, 6) is -1.23.